The molecular weight excluding hydrogens is 296 g/mol. The fourth-order valence-electron chi connectivity index (χ4n) is 2.23. The summed E-state index contributed by atoms with van der Waals surface area (Å²) in [6.45, 7) is 6.81. The van der Waals surface area contributed by atoms with Gasteiger partial charge in [-0.2, -0.15) is 0 Å². The molecule has 1 aliphatic rings. The first-order chi connectivity index (χ1) is 10.9. The molecule has 1 aromatic carbocycles. The summed E-state index contributed by atoms with van der Waals surface area (Å²) in [6, 6.07) is 7.62. The van der Waals surface area contributed by atoms with Gasteiger partial charge in [-0.15, -0.1) is 0 Å². The normalized spacial score (nSPS) is 17.6. The molecule has 1 aliphatic heterocycles. The van der Waals surface area contributed by atoms with Crippen LogP contribution in [0.1, 0.15) is 39.2 Å². The molecule has 0 aliphatic carbocycles. The minimum atomic E-state index is -0.471. The predicted octanol–water partition coefficient (Wildman–Crippen LogP) is 1.69. The lowest BCUT2D eigenvalue weighted by molar-refractivity contribution is -0.135. The van der Waals surface area contributed by atoms with E-state index >= 15 is 0 Å². The smallest absolute Gasteiger partial charge is 0.276 e. The van der Waals surface area contributed by atoms with E-state index in [0.29, 0.717) is 18.8 Å². The zero-order valence-corrected chi connectivity index (χ0v) is 13.8. The lowest BCUT2D eigenvalue weighted by Crippen LogP contribution is -2.47. The molecule has 2 amide bonds. The summed E-state index contributed by atoms with van der Waals surface area (Å²) < 4.78 is 10.6. The summed E-state index contributed by atoms with van der Waals surface area (Å²) in [5, 5.41) is 0. The SMILES string of the molecule is CC(C)(C)c1ccc(OCC(=O)NNC(=O)[C@H]2CCCO2)cc1. The summed E-state index contributed by atoms with van der Waals surface area (Å²) in [7, 11) is 0. The number of carbonyl (C=O) groups is 2. The van der Waals surface area contributed by atoms with Crippen molar-refractivity contribution in [3.63, 3.8) is 0 Å². The quantitative estimate of drug-likeness (QED) is 0.828. The number of carbonyl (C=O) groups excluding carboxylic acids is 2. The van der Waals surface area contributed by atoms with E-state index in [9.17, 15) is 9.59 Å². The topological polar surface area (TPSA) is 76.7 Å². The maximum atomic E-state index is 11.7. The Kier molecular flexibility index (Phi) is 5.60. The maximum absolute atomic E-state index is 11.7. The lowest BCUT2D eigenvalue weighted by Gasteiger charge is -2.19. The van der Waals surface area contributed by atoms with Crippen LogP contribution in [0.4, 0.5) is 0 Å². The molecular formula is C17H24N2O4. The van der Waals surface area contributed by atoms with E-state index < -0.39 is 12.0 Å². The van der Waals surface area contributed by atoms with Crippen molar-refractivity contribution in [1.29, 1.82) is 0 Å². The molecule has 0 saturated carbocycles. The highest BCUT2D eigenvalue weighted by Gasteiger charge is 2.23. The van der Waals surface area contributed by atoms with Gasteiger partial charge in [-0.1, -0.05) is 32.9 Å². The summed E-state index contributed by atoms with van der Waals surface area (Å²) >= 11 is 0. The Labute approximate surface area is 136 Å². The first-order valence-corrected chi connectivity index (χ1v) is 7.80. The highest BCUT2D eigenvalue weighted by atomic mass is 16.5. The van der Waals surface area contributed by atoms with Crippen molar-refractivity contribution < 1.29 is 19.1 Å². The number of benzene rings is 1. The fraction of sp³-hybridized carbons (Fsp3) is 0.529. The number of nitrogens with one attached hydrogen (secondary N) is 2. The number of hydrazine groups is 1. The number of amides is 2. The Morgan fingerprint density at radius 3 is 2.48 bits per heavy atom. The van der Waals surface area contributed by atoms with E-state index in [4.69, 9.17) is 9.47 Å². The van der Waals surface area contributed by atoms with E-state index in [-0.39, 0.29) is 17.9 Å². The molecule has 1 fully saturated rings. The fourth-order valence-corrected chi connectivity index (χ4v) is 2.23. The first kappa shape index (κ1) is 17.3. The molecule has 1 heterocycles. The maximum Gasteiger partial charge on any atom is 0.276 e. The number of ether oxygens (including phenoxy) is 2. The Bertz CT molecular complexity index is 543. The molecule has 126 valence electrons. The van der Waals surface area contributed by atoms with Crippen LogP contribution in [0, 0.1) is 0 Å². The highest BCUT2D eigenvalue weighted by molar-refractivity contribution is 5.85. The summed E-state index contributed by atoms with van der Waals surface area (Å²) in [4.78, 5) is 23.3. The van der Waals surface area contributed by atoms with Crippen LogP contribution in [0.3, 0.4) is 0 Å². The van der Waals surface area contributed by atoms with Crippen molar-refractivity contribution in [3.05, 3.63) is 29.8 Å². The second-order valence-corrected chi connectivity index (χ2v) is 6.60. The van der Waals surface area contributed by atoms with Gasteiger partial charge in [0, 0.05) is 6.61 Å². The molecule has 1 atom stereocenters. The summed E-state index contributed by atoms with van der Waals surface area (Å²) in [6.07, 6.45) is 1.07. The van der Waals surface area contributed by atoms with Crippen LogP contribution < -0.4 is 15.6 Å². The molecule has 0 radical (unpaired) electrons. The van der Waals surface area contributed by atoms with Gasteiger partial charge in [0.15, 0.2) is 6.61 Å². The molecule has 0 bridgehead atoms. The number of hydrogen-bond acceptors (Lipinski definition) is 4. The van der Waals surface area contributed by atoms with Crippen molar-refractivity contribution in [2.45, 2.75) is 45.1 Å². The molecule has 2 rings (SSSR count). The van der Waals surface area contributed by atoms with E-state index in [1.165, 1.54) is 5.56 Å². The van der Waals surface area contributed by atoms with Crippen LogP contribution in [0.2, 0.25) is 0 Å². The standard InChI is InChI=1S/C17H24N2O4/c1-17(2,3)12-6-8-13(9-7-12)23-11-15(20)18-19-16(21)14-5-4-10-22-14/h6-9,14H,4-5,10-11H2,1-3H3,(H,18,20)(H,19,21)/t14-/m1/s1. The monoisotopic (exact) mass is 320 g/mol. The van der Waals surface area contributed by atoms with Crippen LogP contribution in [0.15, 0.2) is 24.3 Å². The Morgan fingerprint density at radius 1 is 1.22 bits per heavy atom. The first-order valence-electron chi connectivity index (χ1n) is 7.80. The Morgan fingerprint density at radius 2 is 1.91 bits per heavy atom. The van der Waals surface area contributed by atoms with Crippen molar-refractivity contribution in [2.24, 2.45) is 0 Å². The van der Waals surface area contributed by atoms with Crippen molar-refractivity contribution in [2.75, 3.05) is 13.2 Å². The minimum absolute atomic E-state index is 0.0719. The molecule has 1 aromatic rings. The van der Waals surface area contributed by atoms with Crippen LogP contribution in [-0.4, -0.2) is 31.1 Å². The number of rotatable bonds is 4. The third-order valence-electron chi connectivity index (χ3n) is 3.64. The molecule has 6 heteroatoms. The summed E-state index contributed by atoms with van der Waals surface area (Å²) in [5.41, 5.74) is 5.93. The molecule has 0 spiro atoms. The van der Waals surface area contributed by atoms with Gasteiger partial charge in [0.2, 0.25) is 0 Å². The van der Waals surface area contributed by atoms with Crippen LogP contribution in [0.25, 0.3) is 0 Å². The zero-order valence-electron chi connectivity index (χ0n) is 13.8. The third-order valence-corrected chi connectivity index (χ3v) is 3.64. The molecule has 0 unspecified atom stereocenters. The highest BCUT2D eigenvalue weighted by Crippen LogP contribution is 2.24. The second kappa shape index (κ2) is 7.46. The van der Waals surface area contributed by atoms with Gasteiger partial charge in [0.05, 0.1) is 0 Å². The van der Waals surface area contributed by atoms with Gasteiger partial charge < -0.3 is 9.47 Å². The molecule has 0 aromatic heterocycles. The number of hydrogen-bond donors (Lipinski definition) is 2. The predicted molar refractivity (Wildman–Crippen MR) is 85.9 cm³/mol. The lowest BCUT2D eigenvalue weighted by atomic mass is 9.87. The van der Waals surface area contributed by atoms with Crippen LogP contribution >= 0.6 is 0 Å². The van der Waals surface area contributed by atoms with Gasteiger partial charge >= 0.3 is 0 Å². The molecule has 6 nitrogen and oxygen atoms in total. The van der Waals surface area contributed by atoms with Crippen molar-refractivity contribution in [3.8, 4) is 5.75 Å². The van der Waals surface area contributed by atoms with Crippen molar-refractivity contribution in [1.82, 2.24) is 10.9 Å². The molecule has 1 saturated heterocycles. The zero-order chi connectivity index (χ0) is 16.9. The van der Waals surface area contributed by atoms with E-state index in [2.05, 4.69) is 31.6 Å². The van der Waals surface area contributed by atoms with Gasteiger partial charge in [-0.05, 0) is 36.0 Å². The molecule has 23 heavy (non-hydrogen) atoms. The van der Waals surface area contributed by atoms with E-state index in [1.54, 1.807) is 0 Å². The van der Waals surface area contributed by atoms with Gasteiger partial charge in [-0.3, -0.25) is 20.4 Å². The Hall–Kier alpha value is -2.08. The largest absolute Gasteiger partial charge is 0.484 e. The second-order valence-electron chi connectivity index (χ2n) is 6.60. The summed E-state index contributed by atoms with van der Waals surface area (Å²) in [5.74, 6) is -0.139. The van der Waals surface area contributed by atoms with Gasteiger partial charge in [0.25, 0.3) is 11.8 Å². The van der Waals surface area contributed by atoms with Crippen LogP contribution in [-0.2, 0) is 19.7 Å². The molecule has 2 N–H and O–H groups in total. The van der Waals surface area contributed by atoms with Crippen LogP contribution in [0.5, 0.6) is 5.75 Å². The minimum Gasteiger partial charge on any atom is -0.484 e. The average molecular weight is 320 g/mol. The Balaban J connectivity index is 1.72. The van der Waals surface area contributed by atoms with Gasteiger partial charge in [-0.25, -0.2) is 0 Å². The van der Waals surface area contributed by atoms with Gasteiger partial charge in [0.1, 0.15) is 11.9 Å². The van der Waals surface area contributed by atoms with E-state index in [0.717, 1.165) is 6.42 Å². The average Bonchev–Trinajstić information content (AvgIpc) is 3.04. The van der Waals surface area contributed by atoms with E-state index in [1.807, 2.05) is 24.3 Å². The van der Waals surface area contributed by atoms with Crippen molar-refractivity contribution >= 4 is 11.8 Å². The third kappa shape index (κ3) is 5.25.